The summed E-state index contributed by atoms with van der Waals surface area (Å²) in [4.78, 5) is 23.8. The van der Waals surface area contributed by atoms with Crippen LogP contribution in [0.5, 0.6) is 0 Å². The van der Waals surface area contributed by atoms with E-state index in [4.69, 9.17) is 0 Å². The van der Waals surface area contributed by atoms with Crippen LogP contribution < -0.4 is 5.32 Å². The van der Waals surface area contributed by atoms with Gasteiger partial charge in [0.1, 0.15) is 0 Å². The van der Waals surface area contributed by atoms with Crippen LogP contribution in [0.3, 0.4) is 0 Å². The molecule has 0 aliphatic rings. The summed E-state index contributed by atoms with van der Waals surface area (Å²) in [6, 6.07) is 7.04. The van der Waals surface area contributed by atoms with Gasteiger partial charge in [-0.1, -0.05) is 50.0 Å². The van der Waals surface area contributed by atoms with Crippen molar-refractivity contribution in [3.63, 3.8) is 0 Å². The molecule has 0 heterocycles. The molecule has 0 saturated heterocycles. The summed E-state index contributed by atoms with van der Waals surface area (Å²) in [5, 5.41) is 2.84. The Hall–Kier alpha value is -1.16. The minimum Gasteiger partial charge on any atom is -0.326 e. The molecule has 0 aliphatic heterocycles. The first-order valence-corrected chi connectivity index (χ1v) is 7.77. The Bertz CT molecular complexity index is 474. The quantitative estimate of drug-likeness (QED) is 0.637. The molecule has 0 radical (unpaired) electrons. The van der Waals surface area contributed by atoms with Crippen molar-refractivity contribution in [3.8, 4) is 0 Å². The Kier molecular flexibility index (Phi) is 5.93. The van der Waals surface area contributed by atoms with Gasteiger partial charge in [-0.2, -0.15) is 0 Å². The van der Waals surface area contributed by atoms with Crippen LogP contribution in [0.2, 0.25) is 0 Å². The van der Waals surface area contributed by atoms with Crippen molar-refractivity contribution >= 4 is 33.3 Å². The van der Waals surface area contributed by atoms with E-state index in [2.05, 4.69) is 21.2 Å². The van der Waals surface area contributed by atoms with E-state index in [1.807, 2.05) is 27.7 Å². The molecule has 3 nitrogen and oxygen atoms in total. The average molecular weight is 340 g/mol. The van der Waals surface area contributed by atoms with Crippen LogP contribution in [0.25, 0.3) is 0 Å². The normalized spacial score (nSPS) is 12.8. The predicted molar refractivity (Wildman–Crippen MR) is 86.5 cm³/mol. The zero-order chi connectivity index (χ0) is 15.3. The number of anilines is 1. The highest BCUT2D eigenvalue weighted by atomic mass is 79.9. The van der Waals surface area contributed by atoms with Gasteiger partial charge in [-0.25, -0.2) is 0 Å². The van der Waals surface area contributed by atoms with E-state index in [0.717, 1.165) is 12.8 Å². The highest BCUT2D eigenvalue weighted by Crippen LogP contribution is 2.20. The van der Waals surface area contributed by atoms with Crippen molar-refractivity contribution in [2.75, 3.05) is 5.32 Å². The molecule has 0 aromatic heterocycles. The first-order valence-electron chi connectivity index (χ1n) is 6.85. The second-order valence-electron chi connectivity index (χ2n) is 5.90. The molecule has 0 fully saturated rings. The van der Waals surface area contributed by atoms with Crippen LogP contribution in [0.15, 0.2) is 24.3 Å². The van der Waals surface area contributed by atoms with Crippen molar-refractivity contribution in [1.29, 1.82) is 0 Å². The lowest BCUT2D eigenvalue weighted by Gasteiger charge is -2.17. The van der Waals surface area contributed by atoms with E-state index in [1.165, 1.54) is 0 Å². The molecule has 1 atom stereocenters. The molecule has 110 valence electrons. The number of carbonyl (C=O) groups is 2. The van der Waals surface area contributed by atoms with Crippen LogP contribution in [-0.2, 0) is 4.79 Å². The molecule has 1 amide bonds. The zero-order valence-electron chi connectivity index (χ0n) is 12.5. The third kappa shape index (κ3) is 4.75. The standard InChI is InChI=1S/C16H22BrNO2/c1-5-6-13(17)14(19)11-7-9-12(10-8-11)18-15(20)16(2,3)4/h7-10,13H,5-6H2,1-4H3,(H,18,20). The maximum Gasteiger partial charge on any atom is 0.229 e. The number of hydrogen-bond acceptors (Lipinski definition) is 2. The summed E-state index contributed by atoms with van der Waals surface area (Å²) in [6.45, 7) is 7.63. The second-order valence-corrected chi connectivity index (χ2v) is 7.01. The Morgan fingerprint density at radius 1 is 1.20 bits per heavy atom. The maximum atomic E-state index is 12.1. The predicted octanol–water partition coefficient (Wildman–Crippen LogP) is 4.42. The molecule has 1 unspecified atom stereocenters. The van der Waals surface area contributed by atoms with Gasteiger partial charge in [0.15, 0.2) is 5.78 Å². The smallest absolute Gasteiger partial charge is 0.229 e. The van der Waals surface area contributed by atoms with Gasteiger partial charge in [0.05, 0.1) is 4.83 Å². The zero-order valence-corrected chi connectivity index (χ0v) is 14.1. The summed E-state index contributed by atoms with van der Waals surface area (Å²) in [6.07, 6.45) is 1.78. The molecular weight excluding hydrogens is 318 g/mol. The minimum atomic E-state index is -0.434. The number of ketones is 1. The maximum absolute atomic E-state index is 12.1. The number of halogens is 1. The molecule has 0 aliphatic carbocycles. The van der Waals surface area contributed by atoms with Gasteiger partial charge in [0.25, 0.3) is 0 Å². The molecule has 0 spiro atoms. The third-order valence-corrected chi connectivity index (χ3v) is 3.81. The second kappa shape index (κ2) is 7.02. The van der Waals surface area contributed by atoms with Crippen molar-refractivity contribution < 1.29 is 9.59 Å². The number of Topliss-reactive ketones (excluding diaryl/α,β-unsaturated/α-hetero) is 1. The molecular formula is C16H22BrNO2. The Labute approximate surface area is 129 Å². The number of carbonyl (C=O) groups excluding carboxylic acids is 2. The lowest BCUT2D eigenvalue weighted by molar-refractivity contribution is -0.123. The van der Waals surface area contributed by atoms with E-state index >= 15 is 0 Å². The van der Waals surface area contributed by atoms with E-state index in [1.54, 1.807) is 24.3 Å². The highest BCUT2D eigenvalue weighted by Gasteiger charge is 2.21. The van der Waals surface area contributed by atoms with Crippen LogP contribution in [0, 0.1) is 5.41 Å². The summed E-state index contributed by atoms with van der Waals surface area (Å²) in [5.74, 6) is 0.0430. The Morgan fingerprint density at radius 3 is 2.20 bits per heavy atom. The Balaban J connectivity index is 2.74. The first-order chi connectivity index (χ1) is 9.25. The molecule has 1 N–H and O–H groups in total. The van der Waals surface area contributed by atoms with E-state index in [9.17, 15) is 9.59 Å². The summed E-state index contributed by atoms with van der Waals surface area (Å²) in [7, 11) is 0. The van der Waals surface area contributed by atoms with Crippen LogP contribution in [0.1, 0.15) is 50.9 Å². The van der Waals surface area contributed by atoms with Crippen molar-refractivity contribution in [2.45, 2.75) is 45.4 Å². The molecule has 4 heteroatoms. The third-order valence-electron chi connectivity index (χ3n) is 2.94. The monoisotopic (exact) mass is 339 g/mol. The molecule has 1 rings (SSSR count). The van der Waals surface area contributed by atoms with Gasteiger partial charge in [-0.05, 0) is 30.7 Å². The number of rotatable bonds is 5. The number of nitrogens with one attached hydrogen (secondary N) is 1. The fraction of sp³-hybridized carbons (Fsp3) is 0.500. The summed E-state index contributed by atoms with van der Waals surface area (Å²) >= 11 is 3.41. The topological polar surface area (TPSA) is 46.2 Å². The van der Waals surface area contributed by atoms with Crippen molar-refractivity contribution in [3.05, 3.63) is 29.8 Å². The van der Waals surface area contributed by atoms with Crippen LogP contribution >= 0.6 is 15.9 Å². The van der Waals surface area contributed by atoms with E-state index in [-0.39, 0.29) is 16.5 Å². The van der Waals surface area contributed by atoms with Crippen molar-refractivity contribution in [2.24, 2.45) is 5.41 Å². The molecule has 0 saturated carbocycles. The molecule has 20 heavy (non-hydrogen) atoms. The lowest BCUT2D eigenvalue weighted by Crippen LogP contribution is -2.27. The fourth-order valence-electron chi connectivity index (χ4n) is 1.60. The van der Waals surface area contributed by atoms with Gasteiger partial charge in [0, 0.05) is 16.7 Å². The number of amides is 1. The summed E-state index contributed by atoms with van der Waals surface area (Å²) in [5.41, 5.74) is 0.938. The fourth-order valence-corrected chi connectivity index (χ4v) is 2.32. The SMILES string of the molecule is CCCC(Br)C(=O)c1ccc(NC(=O)C(C)(C)C)cc1. The average Bonchev–Trinajstić information content (AvgIpc) is 2.38. The summed E-state index contributed by atoms with van der Waals surface area (Å²) < 4.78 is 0. The van der Waals surface area contributed by atoms with Gasteiger partial charge in [0.2, 0.25) is 5.91 Å². The number of hydrogen-bond donors (Lipinski definition) is 1. The van der Waals surface area contributed by atoms with Gasteiger partial charge in [-0.15, -0.1) is 0 Å². The van der Waals surface area contributed by atoms with Gasteiger partial charge >= 0.3 is 0 Å². The number of alkyl halides is 1. The van der Waals surface area contributed by atoms with Gasteiger partial charge in [-0.3, -0.25) is 9.59 Å². The molecule has 1 aromatic rings. The largest absolute Gasteiger partial charge is 0.326 e. The van der Waals surface area contributed by atoms with Crippen LogP contribution in [-0.4, -0.2) is 16.5 Å². The van der Waals surface area contributed by atoms with Gasteiger partial charge < -0.3 is 5.32 Å². The van der Waals surface area contributed by atoms with Crippen molar-refractivity contribution in [1.82, 2.24) is 0 Å². The lowest BCUT2D eigenvalue weighted by atomic mass is 9.95. The van der Waals surface area contributed by atoms with Crippen LogP contribution in [0.4, 0.5) is 5.69 Å². The first kappa shape index (κ1) is 16.9. The molecule has 1 aromatic carbocycles. The van der Waals surface area contributed by atoms with E-state index in [0.29, 0.717) is 11.3 Å². The molecule has 0 bridgehead atoms. The van der Waals surface area contributed by atoms with E-state index < -0.39 is 5.41 Å². The minimum absolute atomic E-state index is 0.0408. The highest BCUT2D eigenvalue weighted by molar-refractivity contribution is 9.10. The Morgan fingerprint density at radius 2 is 1.75 bits per heavy atom. The number of benzene rings is 1.